The van der Waals surface area contributed by atoms with Crippen molar-refractivity contribution < 1.29 is 14.0 Å². The average molecular weight is 459 g/mol. The summed E-state index contributed by atoms with van der Waals surface area (Å²) in [6.07, 6.45) is 8.46. The lowest BCUT2D eigenvalue weighted by Crippen LogP contribution is -2.26. The normalized spacial score (nSPS) is 11.0. The van der Waals surface area contributed by atoms with E-state index in [1.54, 1.807) is 48.7 Å². The maximum absolute atomic E-state index is 13.2. The lowest BCUT2D eigenvalue weighted by molar-refractivity contribution is -0.116. The zero-order chi connectivity index (χ0) is 23.9. The molecule has 1 N–H and O–H groups in total. The largest absolute Gasteiger partial charge is 0.461 e. The van der Waals surface area contributed by atoms with Crippen LogP contribution in [-0.2, 0) is 24.3 Å². The summed E-state index contributed by atoms with van der Waals surface area (Å²) >= 11 is 0. The first-order valence-electron chi connectivity index (χ1n) is 11.7. The molecule has 2 aromatic heterocycles. The van der Waals surface area contributed by atoms with Gasteiger partial charge in [-0.15, -0.1) is 0 Å². The first-order valence-corrected chi connectivity index (χ1v) is 11.7. The number of nitrogens with zero attached hydrogens (tertiary/aromatic N) is 3. The van der Waals surface area contributed by atoms with Crippen LogP contribution in [0.2, 0.25) is 0 Å². The van der Waals surface area contributed by atoms with Gasteiger partial charge in [0.1, 0.15) is 11.3 Å². The quantitative estimate of drug-likeness (QED) is 0.351. The summed E-state index contributed by atoms with van der Waals surface area (Å²) in [5.41, 5.74) is 3.04. The number of benzene rings is 2. The van der Waals surface area contributed by atoms with Gasteiger partial charge < -0.3 is 19.2 Å². The van der Waals surface area contributed by atoms with Crippen molar-refractivity contribution in [2.45, 2.75) is 45.7 Å². The third kappa shape index (κ3) is 5.54. The predicted octanol–water partition coefficient (Wildman–Crippen LogP) is 5.27. The molecule has 176 valence electrons. The molecule has 0 spiro atoms. The van der Waals surface area contributed by atoms with Gasteiger partial charge in [-0.3, -0.25) is 9.59 Å². The first kappa shape index (κ1) is 23.3. The lowest BCUT2D eigenvalue weighted by Gasteiger charge is -2.18. The molecule has 4 aromatic rings. The second-order valence-electron chi connectivity index (χ2n) is 8.44. The van der Waals surface area contributed by atoms with Gasteiger partial charge in [0, 0.05) is 67.6 Å². The number of rotatable bonds is 10. The zero-order valence-electron chi connectivity index (χ0n) is 19.7. The van der Waals surface area contributed by atoms with Crippen LogP contribution in [0.1, 0.15) is 47.9 Å². The van der Waals surface area contributed by atoms with Gasteiger partial charge in [-0.05, 0) is 30.7 Å². The topological polar surface area (TPSA) is 80.4 Å². The van der Waals surface area contributed by atoms with Crippen LogP contribution in [0, 0.1) is 0 Å². The highest BCUT2D eigenvalue weighted by molar-refractivity contribution is 5.97. The van der Waals surface area contributed by atoms with Gasteiger partial charge >= 0.3 is 0 Å². The van der Waals surface area contributed by atoms with Crippen LogP contribution in [0.15, 0.2) is 71.7 Å². The van der Waals surface area contributed by atoms with Gasteiger partial charge in [-0.2, -0.15) is 0 Å². The Balaban J connectivity index is 1.44. The monoisotopic (exact) mass is 458 g/mol. The number of para-hydroxylation sites is 1. The number of furan rings is 1. The molecular formula is C27H30N4O3. The summed E-state index contributed by atoms with van der Waals surface area (Å²) in [4.78, 5) is 31.2. The molecule has 0 unspecified atom stereocenters. The van der Waals surface area contributed by atoms with E-state index in [1.807, 2.05) is 35.0 Å². The minimum Gasteiger partial charge on any atom is -0.461 e. The maximum atomic E-state index is 13.2. The van der Waals surface area contributed by atoms with E-state index in [0.717, 1.165) is 41.6 Å². The summed E-state index contributed by atoms with van der Waals surface area (Å²) in [7, 11) is 1.80. The fourth-order valence-electron chi connectivity index (χ4n) is 3.99. The highest BCUT2D eigenvalue weighted by Gasteiger charge is 2.19. The molecule has 7 nitrogen and oxygen atoms in total. The fourth-order valence-corrected chi connectivity index (χ4v) is 3.99. The first-order chi connectivity index (χ1) is 16.5. The highest BCUT2D eigenvalue weighted by Crippen LogP contribution is 2.28. The fraction of sp³-hybridized carbons (Fsp3) is 0.296. The van der Waals surface area contributed by atoms with Gasteiger partial charge in [-0.25, -0.2) is 4.98 Å². The molecule has 2 heterocycles. The molecule has 34 heavy (non-hydrogen) atoms. The SMILES string of the molecule is CCCCc1oc2ccccc2c1CN(C)C(=O)c1cccc(NC(=O)CCn2ccnc2)c1. The number of anilines is 1. The molecule has 0 aliphatic heterocycles. The minimum absolute atomic E-state index is 0.110. The van der Waals surface area contributed by atoms with Crippen LogP contribution in [0.4, 0.5) is 5.69 Å². The average Bonchev–Trinajstić information content (AvgIpc) is 3.49. The van der Waals surface area contributed by atoms with Crippen molar-refractivity contribution in [3.05, 3.63) is 84.1 Å². The van der Waals surface area contributed by atoms with Crippen molar-refractivity contribution in [1.82, 2.24) is 14.5 Å². The summed E-state index contributed by atoms with van der Waals surface area (Å²) < 4.78 is 7.96. The Morgan fingerprint density at radius 2 is 2.00 bits per heavy atom. The summed E-state index contributed by atoms with van der Waals surface area (Å²) in [5, 5.41) is 3.93. The number of imidazole rings is 1. The second-order valence-corrected chi connectivity index (χ2v) is 8.44. The smallest absolute Gasteiger partial charge is 0.253 e. The van der Waals surface area contributed by atoms with Crippen LogP contribution in [0.25, 0.3) is 11.0 Å². The van der Waals surface area contributed by atoms with Crippen molar-refractivity contribution in [1.29, 1.82) is 0 Å². The number of amides is 2. The van der Waals surface area contributed by atoms with Crippen LogP contribution in [0.5, 0.6) is 0 Å². The summed E-state index contributed by atoms with van der Waals surface area (Å²) in [6, 6.07) is 15.0. The number of nitrogens with one attached hydrogen (secondary N) is 1. The molecule has 4 rings (SSSR count). The molecule has 0 saturated heterocycles. The number of carbonyl (C=O) groups is 2. The van der Waals surface area contributed by atoms with Crippen molar-refractivity contribution in [3.63, 3.8) is 0 Å². The van der Waals surface area contributed by atoms with E-state index in [0.29, 0.717) is 30.8 Å². The van der Waals surface area contributed by atoms with Crippen LogP contribution in [-0.4, -0.2) is 33.3 Å². The van der Waals surface area contributed by atoms with Gasteiger partial charge in [0.15, 0.2) is 0 Å². The van der Waals surface area contributed by atoms with Crippen LogP contribution < -0.4 is 5.32 Å². The molecule has 2 amide bonds. The Morgan fingerprint density at radius 3 is 2.79 bits per heavy atom. The van der Waals surface area contributed by atoms with E-state index in [4.69, 9.17) is 4.42 Å². The zero-order valence-corrected chi connectivity index (χ0v) is 19.7. The number of carbonyl (C=O) groups excluding carboxylic acids is 2. The van der Waals surface area contributed by atoms with Gasteiger partial charge in [0.05, 0.1) is 6.33 Å². The number of aromatic nitrogens is 2. The second kappa shape index (κ2) is 10.8. The molecule has 0 fully saturated rings. The van der Waals surface area contributed by atoms with Crippen molar-refractivity contribution >= 4 is 28.5 Å². The Morgan fingerprint density at radius 1 is 1.15 bits per heavy atom. The maximum Gasteiger partial charge on any atom is 0.253 e. The molecule has 0 aliphatic carbocycles. The van der Waals surface area contributed by atoms with Gasteiger partial charge in [-0.1, -0.05) is 37.6 Å². The van der Waals surface area contributed by atoms with E-state index >= 15 is 0 Å². The molecule has 0 radical (unpaired) electrons. The van der Waals surface area contributed by atoms with Crippen molar-refractivity contribution in [2.75, 3.05) is 12.4 Å². The Kier molecular flexibility index (Phi) is 7.42. The summed E-state index contributed by atoms with van der Waals surface area (Å²) in [6.45, 7) is 3.16. The van der Waals surface area contributed by atoms with E-state index < -0.39 is 0 Å². The molecule has 0 atom stereocenters. The predicted molar refractivity (Wildman–Crippen MR) is 133 cm³/mol. The van der Waals surface area contributed by atoms with E-state index in [-0.39, 0.29) is 11.8 Å². The minimum atomic E-state index is -0.114. The van der Waals surface area contributed by atoms with E-state index in [9.17, 15) is 9.59 Å². The Hall–Kier alpha value is -3.87. The molecular weight excluding hydrogens is 428 g/mol. The van der Waals surface area contributed by atoms with Crippen LogP contribution >= 0.6 is 0 Å². The molecule has 0 bridgehead atoms. The highest BCUT2D eigenvalue weighted by atomic mass is 16.3. The lowest BCUT2D eigenvalue weighted by atomic mass is 10.1. The molecule has 0 aliphatic rings. The number of aryl methyl sites for hydroxylation is 2. The Bertz CT molecular complexity index is 1260. The van der Waals surface area contributed by atoms with Gasteiger partial charge in [0.2, 0.25) is 5.91 Å². The number of fused-ring (bicyclic) bond motifs is 1. The van der Waals surface area contributed by atoms with E-state index in [1.165, 1.54) is 0 Å². The number of unbranched alkanes of at least 4 members (excludes halogenated alkanes) is 1. The Labute approximate surface area is 199 Å². The molecule has 7 heteroatoms. The summed E-state index contributed by atoms with van der Waals surface area (Å²) in [5.74, 6) is 0.722. The third-order valence-electron chi connectivity index (χ3n) is 5.83. The number of hydrogen-bond donors (Lipinski definition) is 1. The number of hydrogen-bond acceptors (Lipinski definition) is 4. The molecule has 0 saturated carbocycles. The van der Waals surface area contributed by atoms with E-state index in [2.05, 4.69) is 17.2 Å². The van der Waals surface area contributed by atoms with Crippen molar-refractivity contribution in [3.8, 4) is 0 Å². The van der Waals surface area contributed by atoms with Gasteiger partial charge in [0.25, 0.3) is 5.91 Å². The third-order valence-corrected chi connectivity index (χ3v) is 5.83. The van der Waals surface area contributed by atoms with Crippen molar-refractivity contribution in [2.24, 2.45) is 0 Å². The standard InChI is InChI=1S/C27H30N4O3/c1-3-4-11-25-23(22-10-5-6-12-24(22)34-25)18-30(2)27(33)20-8-7-9-21(17-20)29-26(32)13-15-31-16-14-28-19-31/h5-10,12,14,16-17,19H,3-4,11,13,15,18H2,1-2H3,(H,29,32). The molecule has 2 aromatic carbocycles. The van der Waals surface area contributed by atoms with Crippen LogP contribution in [0.3, 0.4) is 0 Å².